The molecule has 0 heterocycles. The molecule has 196 valence electrons. The highest BCUT2D eigenvalue weighted by atomic mass is 14.2. The van der Waals surface area contributed by atoms with Crippen LogP contribution >= 0.6 is 0 Å². The lowest BCUT2D eigenvalue weighted by Gasteiger charge is -2.20. The highest BCUT2D eigenvalue weighted by Gasteiger charge is 2.19. The molecule has 0 aromatic heterocycles. The lowest BCUT2D eigenvalue weighted by molar-refractivity contribution is 1.61. The van der Waals surface area contributed by atoms with E-state index in [9.17, 15) is 5.48 Å². The molecule has 8 rings (SSSR count). The summed E-state index contributed by atoms with van der Waals surface area (Å²) in [4.78, 5) is 0. The molecule has 0 saturated carbocycles. The summed E-state index contributed by atoms with van der Waals surface area (Å²) in [5.74, 6) is 0. The zero-order valence-electron chi connectivity index (χ0n) is 35.2. The van der Waals surface area contributed by atoms with Crippen LogP contribution in [0.5, 0.6) is 0 Å². The van der Waals surface area contributed by atoms with Crippen molar-refractivity contribution in [3.8, 4) is 44.5 Å². The maximum Gasteiger partial charge on any atom is 0.0629 e. The van der Waals surface area contributed by atoms with Crippen LogP contribution in [0.4, 0.5) is 0 Å². The van der Waals surface area contributed by atoms with Gasteiger partial charge in [0.2, 0.25) is 0 Å². The lowest BCUT2D eigenvalue weighted by atomic mass is 9.83. The number of fused-ring (bicyclic) bond motifs is 3. The molecular formula is C42H28. The maximum absolute atomic E-state index is 9.36. The van der Waals surface area contributed by atoms with Crippen LogP contribution in [0.2, 0.25) is 0 Å². The molecule has 42 heavy (non-hydrogen) atoms. The van der Waals surface area contributed by atoms with Crippen LogP contribution in [-0.2, 0) is 0 Å². The fourth-order valence-electron chi connectivity index (χ4n) is 5.78. The fraction of sp³-hybridized carbons (Fsp3) is 0. The van der Waals surface area contributed by atoms with Crippen molar-refractivity contribution in [2.75, 3.05) is 0 Å². The Morgan fingerprint density at radius 2 is 0.905 bits per heavy atom. The van der Waals surface area contributed by atoms with E-state index in [1.807, 2.05) is 60.7 Å². The summed E-state index contributed by atoms with van der Waals surface area (Å²) in [5.41, 5.74) is 2.57. The third-order valence-electron chi connectivity index (χ3n) is 7.60. The Labute approximate surface area is 264 Å². The van der Waals surface area contributed by atoms with Crippen molar-refractivity contribution in [3.63, 3.8) is 0 Å². The van der Waals surface area contributed by atoms with Gasteiger partial charge in [-0.3, -0.25) is 0 Å². The van der Waals surface area contributed by atoms with E-state index < -0.39 is 78.6 Å². The fourth-order valence-corrected chi connectivity index (χ4v) is 5.78. The number of rotatable bonds is 4. The average Bonchev–Trinajstić information content (AvgIpc) is 3.21. The summed E-state index contributed by atoms with van der Waals surface area (Å²) in [5, 5.41) is 1.61. The molecule has 8 aromatic carbocycles. The minimum absolute atomic E-state index is 0.00550. The van der Waals surface area contributed by atoms with Crippen LogP contribution in [0, 0.1) is 0 Å². The van der Waals surface area contributed by atoms with Gasteiger partial charge in [0.25, 0.3) is 0 Å². The number of benzene rings is 8. The molecule has 0 aliphatic rings. The SMILES string of the molecule is [2H]c1c([2H])c([2H])c(-c2ccccc2-c2c3c([2H])c([2H])c([2H])c([2H])c3c(-c3ccc4cccc(-c5ccccc5)c4c3)c3c([2H])c([2H])c([2H])c([2H])c23)c([2H])c1[2H]. The Kier molecular flexibility index (Phi) is 3.50. The zero-order chi connectivity index (χ0) is 39.2. The molecule has 0 saturated heterocycles. The smallest absolute Gasteiger partial charge is 0.0622 e. The summed E-state index contributed by atoms with van der Waals surface area (Å²) in [6.45, 7) is 0. The van der Waals surface area contributed by atoms with E-state index in [2.05, 4.69) is 0 Å². The van der Waals surface area contributed by atoms with Crippen molar-refractivity contribution >= 4 is 32.3 Å². The highest BCUT2D eigenvalue weighted by molar-refractivity contribution is 6.22. The van der Waals surface area contributed by atoms with Gasteiger partial charge in [-0.25, -0.2) is 0 Å². The van der Waals surface area contributed by atoms with Crippen molar-refractivity contribution in [1.29, 1.82) is 0 Å². The summed E-state index contributed by atoms with van der Waals surface area (Å²) < 4.78 is 115. The van der Waals surface area contributed by atoms with Crippen LogP contribution < -0.4 is 0 Å². The van der Waals surface area contributed by atoms with Crippen molar-refractivity contribution < 1.29 is 17.8 Å². The van der Waals surface area contributed by atoms with Crippen LogP contribution in [0.15, 0.2) is 170 Å². The van der Waals surface area contributed by atoms with Crippen molar-refractivity contribution in [3.05, 3.63) is 170 Å². The first-order valence-corrected chi connectivity index (χ1v) is 13.5. The monoisotopic (exact) mass is 545 g/mol. The van der Waals surface area contributed by atoms with E-state index in [4.69, 9.17) is 12.3 Å². The maximum atomic E-state index is 9.36. The predicted molar refractivity (Wildman–Crippen MR) is 181 cm³/mol. The van der Waals surface area contributed by atoms with Crippen LogP contribution in [0.1, 0.15) is 17.8 Å². The van der Waals surface area contributed by atoms with Gasteiger partial charge in [-0.15, -0.1) is 0 Å². The van der Waals surface area contributed by atoms with Gasteiger partial charge in [0.1, 0.15) is 0 Å². The molecule has 0 radical (unpaired) electrons. The van der Waals surface area contributed by atoms with Gasteiger partial charge in [-0.1, -0.05) is 163 Å². The standard InChI is InChI=1S/C42H28/c1-3-14-29(15-4-1)33-19-7-8-20-35(33)42-38-23-11-9-21-36(38)41(37-22-10-12-24-39(37)42)32-27-26-31-18-13-25-34(40(31)28-32)30-16-5-2-6-17-30/h1-28H/i1D,3D,4D,9D,10D,11D,12D,14D,15D,21D,22D,23D,24D. The Morgan fingerprint density at radius 1 is 0.333 bits per heavy atom. The Bertz CT molecular complexity index is 2850. The first-order valence-electron chi connectivity index (χ1n) is 20.0. The molecule has 0 fully saturated rings. The largest absolute Gasteiger partial charge is 0.0629 e. The molecule has 8 aromatic rings. The van der Waals surface area contributed by atoms with Gasteiger partial charge < -0.3 is 0 Å². The minimum atomic E-state index is -0.592. The first-order chi connectivity index (χ1) is 26.3. The topological polar surface area (TPSA) is 0 Å². The number of hydrogen-bond donors (Lipinski definition) is 0. The molecule has 0 heteroatoms. The van der Waals surface area contributed by atoms with E-state index in [-0.39, 0.29) is 49.4 Å². The van der Waals surface area contributed by atoms with E-state index in [1.165, 1.54) is 6.07 Å². The van der Waals surface area contributed by atoms with Crippen molar-refractivity contribution in [2.24, 2.45) is 0 Å². The summed E-state index contributed by atoms with van der Waals surface area (Å²) in [6, 6.07) is 20.6. The molecule has 0 aliphatic heterocycles. The molecule has 0 N–H and O–H groups in total. The van der Waals surface area contributed by atoms with Crippen molar-refractivity contribution in [2.45, 2.75) is 0 Å². The van der Waals surface area contributed by atoms with Gasteiger partial charge in [0, 0.05) is 0 Å². The third-order valence-corrected chi connectivity index (χ3v) is 7.60. The van der Waals surface area contributed by atoms with E-state index >= 15 is 0 Å². The van der Waals surface area contributed by atoms with Crippen LogP contribution in [0.3, 0.4) is 0 Å². The molecule has 0 atom stereocenters. The van der Waals surface area contributed by atoms with Gasteiger partial charge in [-0.2, -0.15) is 0 Å². The summed E-state index contributed by atoms with van der Waals surface area (Å²) >= 11 is 0. The van der Waals surface area contributed by atoms with E-state index in [0.717, 1.165) is 21.9 Å². The molecule has 0 bridgehead atoms. The van der Waals surface area contributed by atoms with Crippen LogP contribution in [0.25, 0.3) is 76.8 Å². The molecular weight excluding hydrogens is 504 g/mol. The normalized spacial score (nSPS) is 15.7. The Balaban J connectivity index is 1.63. The first kappa shape index (κ1) is 14.4. The van der Waals surface area contributed by atoms with Gasteiger partial charge >= 0.3 is 0 Å². The quantitative estimate of drug-likeness (QED) is 0.193. The summed E-state index contributed by atoms with van der Waals surface area (Å²) in [6.07, 6.45) is 0. The molecule has 0 amide bonds. The van der Waals surface area contributed by atoms with E-state index in [0.29, 0.717) is 5.56 Å². The highest BCUT2D eigenvalue weighted by Crippen LogP contribution is 2.46. The Hall–Kier alpha value is -5.46. The second-order valence-corrected chi connectivity index (χ2v) is 9.90. The molecule has 0 unspecified atom stereocenters. The van der Waals surface area contributed by atoms with Gasteiger partial charge in [0.05, 0.1) is 17.8 Å². The predicted octanol–water partition coefficient (Wildman–Crippen LogP) is 11.8. The second kappa shape index (κ2) is 10.2. The summed E-state index contributed by atoms with van der Waals surface area (Å²) in [7, 11) is 0. The minimum Gasteiger partial charge on any atom is -0.0622 e. The van der Waals surface area contributed by atoms with Gasteiger partial charge in [0.15, 0.2) is 0 Å². The molecule has 0 spiro atoms. The van der Waals surface area contributed by atoms with Crippen molar-refractivity contribution in [1.82, 2.24) is 0 Å². The van der Waals surface area contributed by atoms with E-state index in [1.54, 1.807) is 24.3 Å². The molecule has 0 nitrogen and oxygen atoms in total. The van der Waals surface area contributed by atoms with Gasteiger partial charge in [-0.05, 0) is 82.9 Å². The number of hydrogen-bond acceptors (Lipinski definition) is 0. The Morgan fingerprint density at radius 3 is 1.60 bits per heavy atom. The zero-order valence-corrected chi connectivity index (χ0v) is 22.2. The lowest BCUT2D eigenvalue weighted by Crippen LogP contribution is -1.93. The van der Waals surface area contributed by atoms with Crippen LogP contribution in [-0.4, -0.2) is 0 Å². The molecule has 0 aliphatic carbocycles. The third kappa shape index (κ3) is 4.00. The average molecular weight is 546 g/mol. The second-order valence-electron chi connectivity index (χ2n) is 9.90.